The van der Waals surface area contributed by atoms with Gasteiger partial charge in [-0.25, -0.2) is 9.59 Å². The molecule has 0 aliphatic carbocycles. The van der Waals surface area contributed by atoms with Crippen LogP contribution in [0.15, 0.2) is 60.7 Å². The van der Waals surface area contributed by atoms with Gasteiger partial charge in [-0.1, -0.05) is 60.7 Å². The van der Waals surface area contributed by atoms with Crippen molar-refractivity contribution in [2.45, 2.75) is 32.1 Å². The summed E-state index contributed by atoms with van der Waals surface area (Å²) in [4.78, 5) is 52.2. The van der Waals surface area contributed by atoms with E-state index in [4.69, 9.17) is 4.74 Å². The molecule has 2 unspecified atom stereocenters. The van der Waals surface area contributed by atoms with Gasteiger partial charge in [0.1, 0.15) is 0 Å². The van der Waals surface area contributed by atoms with Crippen molar-refractivity contribution in [1.29, 1.82) is 0 Å². The molecule has 2 N–H and O–H groups in total. The van der Waals surface area contributed by atoms with Crippen LogP contribution in [0.3, 0.4) is 0 Å². The Morgan fingerprint density at radius 2 is 1.52 bits per heavy atom. The fourth-order valence-corrected chi connectivity index (χ4v) is 3.53. The van der Waals surface area contributed by atoms with Crippen molar-refractivity contribution in [3.8, 4) is 0 Å². The molecule has 2 aromatic rings. The minimum Gasteiger partial charge on any atom is -0.451 e. The van der Waals surface area contributed by atoms with Crippen LogP contribution >= 0.6 is 0 Å². The number of piperazine rings is 1. The van der Waals surface area contributed by atoms with Gasteiger partial charge in [-0.15, -0.1) is 0 Å². The average molecular weight is 453 g/mol. The number of nitrogens with one attached hydrogen (secondary N) is 1. The highest BCUT2D eigenvalue weighted by Crippen LogP contribution is 2.26. The summed E-state index contributed by atoms with van der Waals surface area (Å²) in [5.74, 6) is -2.64. The topological polar surface area (TPSA) is 116 Å². The molecular formula is C24H27N3O6. The van der Waals surface area contributed by atoms with Crippen molar-refractivity contribution >= 4 is 23.8 Å². The van der Waals surface area contributed by atoms with E-state index in [-0.39, 0.29) is 13.1 Å². The SMILES string of the molecule is CCN1CCN(C(=O)NC(C(=O)OC(c2ccccc2)c2ccccc2)C(C)O)C(=O)C1=O. The summed E-state index contributed by atoms with van der Waals surface area (Å²) in [6.07, 6.45) is -2.08. The quantitative estimate of drug-likeness (QED) is 0.485. The summed E-state index contributed by atoms with van der Waals surface area (Å²) in [5.41, 5.74) is 1.42. The molecule has 1 heterocycles. The highest BCUT2D eigenvalue weighted by Gasteiger charge is 2.38. The molecular weight excluding hydrogens is 426 g/mol. The van der Waals surface area contributed by atoms with Gasteiger partial charge in [0.25, 0.3) is 0 Å². The van der Waals surface area contributed by atoms with E-state index in [1.54, 1.807) is 31.2 Å². The molecule has 1 aliphatic heterocycles. The van der Waals surface area contributed by atoms with Gasteiger partial charge in [0.05, 0.1) is 6.10 Å². The van der Waals surface area contributed by atoms with Gasteiger partial charge in [-0.2, -0.15) is 0 Å². The largest absolute Gasteiger partial charge is 0.451 e. The van der Waals surface area contributed by atoms with Crippen LogP contribution in [0.5, 0.6) is 0 Å². The summed E-state index contributed by atoms with van der Waals surface area (Å²) in [6, 6.07) is 15.7. The predicted octanol–water partition coefficient (Wildman–Crippen LogP) is 1.47. The standard InChI is InChI=1S/C24H27N3O6/c1-3-26-14-15-27(22(30)21(26)29)24(32)25-19(16(2)28)23(31)33-20(17-10-6-4-7-11-17)18-12-8-5-9-13-18/h4-13,16,19-20,28H,3,14-15H2,1-2H3,(H,25,32). The second kappa shape index (κ2) is 10.7. The van der Waals surface area contributed by atoms with Crippen molar-refractivity contribution in [2.75, 3.05) is 19.6 Å². The molecule has 9 nitrogen and oxygen atoms in total. The van der Waals surface area contributed by atoms with Gasteiger partial charge in [0.2, 0.25) is 0 Å². The number of likely N-dealkylation sites (N-methyl/N-ethyl adjacent to an activating group) is 1. The van der Waals surface area contributed by atoms with E-state index >= 15 is 0 Å². The van der Waals surface area contributed by atoms with Crippen LogP contribution < -0.4 is 5.32 Å². The highest BCUT2D eigenvalue weighted by atomic mass is 16.5. The Hall–Kier alpha value is -3.72. The molecule has 0 radical (unpaired) electrons. The maximum atomic E-state index is 13.0. The number of imide groups is 1. The van der Waals surface area contributed by atoms with Crippen LogP contribution in [-0.4, -0.2) is 70.5 Å². The third kappa shape index (κ3) is 5.56. The number of carbonyl (C=O) groups excluding carboxylic acids is 4. The summed E-state index contributed by atoms with van der Waals surface area (Å²) in [6.45, 7) is 3.60. The summed E-state index contributed by atoms with van der Waals surface area (Å²) >= 11 is 0. The number of amides is 4. The lowest BCUT2D eigenvalue weighted by atomic mass is 10.0. The van der Waals surface area contributed by atoms with E-state index < -0.39 is 42.1 Å². The van der Waals surface area contributed by atoms with E-state index in [0.29, 0.717) is 17.7 Å². The van der Waals surface area contributed by atoms with Crippen LogP contribution in [0.25, 0.3) is 0 Å². The van der Waals surface area contributed by atoms with Gasteiger partial charge in [-0.05, 0) is 25.0 Å². The molecule has 0 spiro atoms. The molecule has 1 fully saturated rings. The molecule has 33 heavy (non-hydrogen) atoms. The number of aliphatic hydroxyl groups is 1. The monoisotopic (exact) mass is 453 g/mol. The number of carbonyl (C=O) groups is 4. The Bertz CT molecular complexity index is 956. The number of esters is 1. The van der Waals surface area contributed by atoms with E-state index in [0.717, 1.165) is 4.90 Å². The summed E-state index contributed by atoms with van der Waals surface area (Å²) in [7, 11) is 0. The normalized spacial score (nSPS) is 15.9. The molecule has 9 heteroatoms. The van der Waals surface area contributed by atoms with Crippen molar-refractivity contribution in [3.63, 3.8) is 0 Å². The van der Waals surface area contributed by atoms with Gasteiger partial charge in [0, 0.05) is 19.6 Å². The first-order valence-electron chi connectivity index (χ1n) is 10.7. The molecule has 2 aromatic carbocycles. The first-order valence-corrected chi connectivity index (χ1v) is 10.7. The second-order valence-corrected chi connectivity index (χ2v) is 7.65. The Morgan fingerprint density at radius 1 is 0.970 bits per heavy atom. The first kappa shape index (κ1) is 23.9. The molecule has 0 aromatic heterocycles. The number of rotatable bonds is 7. The van der Waals surface area contributed by atoms with Crippen molar-refractivity contribution < 1.29 is 29.0 Å². The summed E-state index contributed by atoms with van der Waals surface area (Å²) < 4.78 is 5.72. The summed E-state index contributed by atoms with van der Waals surface area (Å²) in [5, 5.41) is 12.5. The minimum absolute atomic E-state index is 0.0114. The maximum absolute atomic E-state index is 13.0. The maximum Gasteiger partial charge on any atom is 0.332 e. The molecule has 4 amide bonds. The third-order valence-electron chi connectivity index (χ3n) is 5.39. The van der Waals surface area contributed by atoms with Crippen LogP contribution in [0.1, 0.15) is 31.1 Å². The molecule has 2 atom stereocenters. The van der Waals surface area contributed by atoms with Gasteiger partial charge in [-0.3, -0.25) is 14.5 Å². The molecule has 1 saturated heterocycles. The fraction of sp³-hybridized carbons (Fsp3) is 0.333. The lowest BCUT2D eigenvalue weighted by Gasteiger charge is -2.33. The second-order valence-electron chi connectivity index (χ2n) is 7.65. The van der Waals surface area contributed by atoms with Crippen LogP contribution in [0.2, 0.25) is 0 Å². The number of nitrogens with zero attached hydrogens (tertiary/aromatic N) is 2. The van der Waals surface area contributed by atoms with Gasteiger partial charge < -0.3 is 20.1 Å². The van der Waals surface area contributed by atoms with Crippen LogP contribution in [0.4, 0.5) is 4.79 Å². The number of ether oxygens (including phenoxy) is 1. The molecule has 0 bridgehead atoms. The molecule has 3 rings (SSSR count). The van der Waals surface area contributed by atoms with Crippen molar-refractivity contribution in [2.24, 2.45) is 0 Å². The number of hydrogen-bond acceptors (Lipinski definition) is 6. The minimum atomic E-state index is -1.44. The van der Waals surface area contributed by atoms with Gasteiger partial charge in [0.15, 0.2) is 12.1 Å². The molecule has 174 valence electrons. The fourth-order valence-electron chi connectivity index (χ4n) is 3.53. The lowest BCUT2D eigenvalue weighted by Crippen LogP contribution is -2.61. The van der Waals surface area contributed by atoms with E-state index in [1.807, 2.05) is 36.4 Å². The van der Waals surface area contributed by atoms with E-state index in [9.17, 15) is 24.3 Å². The third-order valence-corrected chi connectivity index (χ3v) is 5.39. The molecule has 0 saturated carbocycles. The van der Waals surface area contributed by atoms with E-state index in [1.165, 1.54) is 11.8 Å². The van der Waals surface area contributed by atoms with Crippen molar-refractivity contribution in [1.82, 2.24) is 15.1 Å². The zero-order chi connectivity index (χ0) is 24.0. The first-order chi connectivity index (χ1) is 15.8. The zero-order valence-electron chi connectivity index (χ0n) is 18.5. The predicted molar refractivity (Wildman–Crippen MR) is 119 cm³/mol. The Kier molecular flexibility index (Phi) is 7.78. The Morgan fingerprint density at radius 3 is 2.00 bits per heavy atom. The molecule has 1 aliphatic rings. The van der Waals surface area contributed by atoms with Crippen molar-refractivity contribution in [3.05, 3.63) is 71.8 Å². The number of benzene rings is 2. The number of aliphatic hydroxyl groups excluding tert-OH is 1. The zero-order valence-corrected chi connectivity index (χ0v) is 18.5. The highest BCUT2D eigenvalue weighted by molar-refractivity contribution is 6.38. The number of urea groups is 1. The van der Waals surface area contributed by atoms with Crippen LogP contribution in [-0.2, 0) is 19.1 Å². The lowest BCUT2D eigenvalue weighted by molar-refractivity contribution is -0.154. The van der Waals surface area contributed by atoms with Crippen LogP contribution in [0, 0.1) is 0 Å². The Labute approximate surface area is 191 Å². The average Bonchev–Trinajstić information content (AvgIpc) is 2.83. The number of hydrogen-bond donors (Lipinski definition) is 2. The Balaban J connectivity index is 1.77. The van der Waals surface area contributed by atoms with Gasteiger partial charge >= 0.3 is 23.8 Å². The van der Waals surface area contributed by atoms with E-state index in [2.05, 4.69) is 5.32 Å². The smallest absolute Gasteiger partial charge is 0.332 e.